The first kappa shape index (κ1) is 12.9. The van der Waals surface area contributed by atoms with Crippen molar-refractivity contribution in [3.63, 3.8) is 0 Å². The Balaban J connectivity index is 1.81. The number of hydrogen-bond donors (Lipinski definition) is 1. The van der Waals surface area contributed by atoms with Crippen molar-refractivity contribution in [2.24, 2.45) is 7.05 Å². The highest BCUT2D eigenvalue weighted by atomic mass is 16.2. The molecule has 1 aromatic heterocycles. The summed E-state index contributed by atoms with van der Waals surface area (Å²) in [7, 11) is 1.90. The molecule has 5 heteroatoms. The van der Waals surface area contributed by atoms with Crippen molar-refractivity contribution in [2.45, 2.75) is 13.0 Å². The predicted octanol–water partition coefficient (Wildman–Crippen LogP) is 1.10. The summed E-state index contributed by atoms with van der Waals surface area (Å²) >= 11 is 0. The van der Waals surface area contributed by atoms with Gasteiger partial charge in [-0.3, -0.25) is 9.48 Å². The Labute approximate surface area is 118 Å². The summed E-state index contributed by atoms with van der Waals surface area (Å²) in [4.78, 5) is 14.1. The Bertz CT molecular complexity index is 620. The van der Waals surface area contributed by atoms with Crippen molar-refractivity contribution in [3.8, 4) is 0 Å². The van der Waals surface area contributed by atoms with Crippen LogP contribution in [0.15, 0.2) is 36.7 Å². The summed E-state index contributed by atoms with van der Waals surface area (Å²) in [5.41, 5.74) is 3.34. The van der Waals surface area contributed by atoms with Crippen molar-refractivity contribution in [1.29, 1.82) is 0 Å². The molecule has 104 valence electrons. The molecule has 0 saturated heterocycles. The molecule has 0 aliphatic carbocycles. The van der Waals surface area contributed by atoms with E-state index in [4.69, 9.17) is 0 Å². The number of carbonyl (C=O) groups excluding carboxylic acids is 1. The maximum Gasteiger partial charge on any atom is 0.240 e. The fraction of sp³-hybridized carbons (Fsp3) is 0.333. The fourth-order valence-corrected chi connectivity index (χ4v) is 2.54. The van der Waals surface area contributed by atoms with E-state index in [1.54, 1.807) is 4.68 Å². The molecule has 0 unspecified atom stereocenters. The molecule has 2 heterocycles. The monoisotopic (exact) mass is 270 g/mol. The smallest absolute Gasteiger partial charge is 0.240 e. The number of amides is 1. The second-order valence-electron chi connectivity index (χ2n) is 5.05. The zero-order valence-corrected chi connectivity index (χ0v) is 11.5. The summed E-state index contributed by atoms with van der Waals surface area (Å²) in [6.07, 6.45) is 4.66. The second-order valence-corrected chi connectivity index (χ2v) is 5.05. The zero-order valence-electron chi connectivity index (χ0n) is 11.5. The van der Waals surface area contributed by atoms with E-state index in [0.29, 0.717) is 13.1 Å². The summed E-state index contributed by atoms with van der Waals surface area (Å²) in [6, 6.07) is 8.07. The highest BCUT2D eigenvalue weighted by Crippen LogP contribution is 2.22. The quantitative estimate of drug-likeness (QED) is 0.908. The lowest BCUT2D eigenvalue weighted by molar-refractivity contribution is -0.117. The van der Waals surface area contributed by atoms with Gasteiger partial charge >= 0.3 is 0 Å². The lowest BCUT2D eigenvalue weighted by Gasteiger charge is -2.22. The average molecular weight is 270 g/mol. The number of aryl methyl sites for hydroxylation is 1. The molecule has 3 rings (SSSR count). The molecular formula is C15H18N4O. The minimum Gasteiger partial charge on any atom is -0.311 e. The van der Waals surface area contributed by atoms with Gasteiger partial charge in [-0.05, 0) is 23.6 Å². The molecule has 0 bridgehead atoms. The minimum absolute atomic E-state index is 0.124. The van der Waals surface area contributed by atoms with Crippen LogP contribution in [0.25, 0.3) is 0 Å². The minimum atomic E-state index is 0.124. The number of nitrogens with zero attached hydrogens (tertiary/aromatic N) is 3. The largest absolute Gasteiger partial charge is 0.311 e. The summed E-state index contributed by atoms with van der Waals surface area (Å²) in [6.45, 7) is 1.82. The maximum absolute atomic E-state index is 12.2. The van der Waals surface area contributed by atoms with E-state index in [9.17, 15) is 4.79 Å². The van der Waals surface area contributed by atoms with Gasteiger partial charge in [0.2, 0.25) is 5.91 Å². The Morgan fingerprint density at radius 1 is 1.30 bits per heavy atom. The summed E-state index contributed by atoms with van der Waals surface area (Å²) in [5, 5.41) is 7.34. The van der Waals surface area contributed by atoms with Crippen LogP contribution in [0.3, 0.4) is 0 Å². The molecule has 20 heavy (non-hydrogen) atoms. The highest BCUT2D eigenvalue weighted by Gasteiger charge is 2.21. The zero-order chi connectivity index (χ0) is 13.9. The number of fused-ring (bicyclic) bond motifs is 1. The van der Waals surface area contributed by atoms with Gasteiger partial charge in [-0.1, -0.05) is 18.2 Å². The van der Waals surface area contributed by atoms with E-state index in [2.05, 4.69) is 16.5 Å². The van der Waals surface area contributed by atoms with Crippen molar-refractivity contribution in [1.82, 2.24) is 15.1 Å². The molecule has 5 nitrogen and oxygen atoms in total. The van der Waals surface area contributed by atoms with Crippen LogP contribution in [0.4, 0.5) is 5.69 Å². The number of carbonyl (C=O) groups is 1. The third kappa shape index (κ3) is 2.58. The van der Waals surface area contributed by atoms with Gasteiger partial charge in [0, 0.05) is 32.0 Å². The summed E-state index contributed by atoms with van der Waals surface area (Å²) < 4.78 is 1.79. The van der Waals surface area contributed by atoms with Gasteiger partial charge in [0.1, 0.15) is 0 Å². The Morgan fingerprint density at radius 2 is 2.15 bits per heavy atom. The molecular weight excluding hydrogens is 252 g/mol. The molecule has 0 saturated carbocycles. The summed E-state index contributed by atoms with van der Waals surface area (Å²) in [5.74, 6) is 0.124. The first-order valence-electron chi connectivity index (χ1n) is 6.80. The Hall–Kier alpha value is -2.14. The van der Waals surface area contributed by atoms with Gasteiger partial charge < -0.3 is 10.2 Å². The lowest BCUT2D eigenvalue weighted by Crippen LogP contribution is -2.36. The van der Waals surface area contributed by atoms with E-state index in [1.165, 1.54) is 5.56 Å². The molecule has 0 radical (unpaired) electrons. The third-order valence-corrected chi connectivity index (χ3v) is 3.56. The predicted molar refractivity (Wildman–Crippen MR) is 77.4 cm³/mol. The van der Waals surface area contributed by atoms with Crippen LogP contribution in [0.5, 0.6) is 0 Å². The number of aromatic nitrogens is 2. The number of nitrogens with one attached hydrogen (secondary N) is 1. The SMILES string of the molecule is Cn1cc(CCN2C(=O)CNCc3ccccc32)cn1. The van der Waals surface area contributed by atoms with Crippen LogP contribution in [-0.4, -0.2) is 28.8 Å². The molecule has 1 N–H and O–H groups in total. The lowest BCUT2D eigenvalue weighted by atomic mass is 10.1. The van der Waals surface area contributed by atoms with E-state index >= 15 is 0 Å². The van der Waals surface area contributed by atoms with Crippen LogP contribution in [-0.2, 0) is 24.8 Å². The molecule has 0 fully saturated rings. The topological polar surface area (TPSA) is 50.2 Å². The molecule has 0 spiro atoms. The third-order valence-electron chi connectivity index (χ3n) is 3.56. The van der Waals surface area contributed by atoms with Gasteiger partial charge in [0.05, 0.1) is 12.7 Å². The number of para-hydroxylation sites is 1. The van der Waals surface area contributed by atoms with Gasteiger partial charge in [0.25, 0.3) is 0 Å². The van der Waals surface area contributed by atoms with Crippen LogP contribution >= 0.6 is 0 Å². The van der Waals surface area contributed by atoms with Crippen LogP contribution < -0.4 is 10.2 Å². The number of anilines is 1. The van der Waals surface area contributed by atoms with Gasteiger partial charge in [-0.25, -0.2) is 0 Å². The molecule has 1 aliphatic heterocycles. The van der Waals surface area contributed by atoms with E-state index in [0.717, 1.165) is 24.2 Å². The molecule has 1 aliphatic rings. The van der Waals surface area contributed by atoms with E-state index in [-0.39, 0.29) is 5.91 Å². The molecule has 0 atom stereocenters. The van der Waals surface area contributed by atoms with Gasteiger partial charge in [0.15, 0.2) is 0 Å². The Morgan fingerprint density at radius 3 is 2.95 bits per heavy atom. The van der Waals surface area contributed by atoms with E-state index in [1.807, 2.05) is 42.5 Å². The number of benzene rings is 1. The first-order chi connectivity index (χ1) is 9.74. The number of hydrogen-bond acceptors (Lipinski definition) is 3. The highest BCUT2D eigenvalue weighted by molar-refractivity contribution is 5.96. The second kappa shape index (κ2) is 5.46. The normalized spacial score (nSPS) is 15.1. The average Bonchev–Trinajstić information content (AvgIpc) is 2.79. The fourth-order valence-electron chi connectivity index (χ4n) is 2.54. The molecule has 1 amide bonds. The standard InChI is InChI=1S/C15H18N4O/c1-18-11-12(8-17-18)6-7-19-14-5-3-2-4-13(14)9-16-10-15(19)20/h2-5,8,11,16H,6-7,9-10H2,1H3. The Kier molecular flexibility index (Phi) is 3.52. The van der Waals surface area contributed by atoms with E-state index < -0.39 is 0 Å². The molecule has 2 aromatic rings. The van der Waals surface area contributed by atoms with Gasteiger partial charge in [-0.15, -0.1) is 0 Å². The first-order valence-corrected chi connectivity index (χ1v) is 6.80. The van der Waals surface area contributed by atoms with Crippen LogP contribution in [0, 0.1) is 0 Å². The number of rotatable bonds is 3. The van der Waals surface area contributed by atoms with Crippen molar-refractivity contribution < 1.29 is 4.79 Å². The van der Waals surface area contributed by atoms with Crippen LogP contribution in [0.2, 0.25) is 0 Å². The van der Waals surface area contributed by atoms with Crippen molar-refractivity contribution >= 4 is 11.6 Å². The van der Waals surface area contributed by atoms with Crippen molar-refractivity contribution in [2.75, 3.05) is 18.0 Å². The maximum atomic E-state index is 12.2. The van der Waals surface area contributed by atoms with Gasteiger partial charge in [-0.2, -0.15) is 5.10 Å². The van der Waals surface area contributed by atoms with Crippen molar-refractivity contribution in [3.05, 3.63) is 47.8 Å². The van der Waals surface area contributed by atoms with Crippen LogP contribution in [0.1, 0.15) is 11.1 Å². The molecule has 1 aromatic carbocycles.